The van der Waals surface area contributed by atoms with Crippen molar-refractivity contribution in [3.05, 3.63) is 35.4 Å². The zero-order valence-corrected chi connectivity index (χ0v) is 14.3. The lowest BCUT2D eigenvalue weighted by Gasteiger charge is -2.44. The van der Waals surface area contributed by atoms with Crippen LogP contribution in [0, 0.1) is 6.92 Å². The van der Waals surface area contributed by atoms with E-state index in [-0.39, 0.29) is 12.0 Å². The van der Waals surface area contributed by atoms with Gasteiger partial charge in [-0.25, -0.2) is 0 Å². The maximum atomic E-state index is 12.7. The van der Waals surface area contributed by atoms with Crippen molar-refractivity contribution >= 4 is 5.91 Å². The number of carbonyl (C=O) groups excluding carboxylic acids is 1. The number of ether oxygens (including phenoxy) is 1. The van der Waals surface area contributed by atoms with E-state index in [0.29, 0.717) is 19.2 Å². The summed E-state index contributed by atoms with van der Waals surface area (Å²) in [6.07, 6.45) is 4.92. The Kier molecular flexibility index (Phi) is 5.34. The van der Waals surface area contributed by atoms with Crippen LogP contribution >= 0.6 is 0 Å². The van der Waals surface area contributed by atoms with Crippen molar-refractivity contribution in [3.63, 3.8) is 0 Å². The minimum absolute atomic E-state index is 0.250. The van der Waals surface area contributed by atoms with E-state index >= 15 is 0 Å². The zero-order chi connectivity index (χ0) is 16.2. The second kappa shape index (κ2) is 7.45. The van der Waals surface area contributed by atoms with Crippen LogP contribution in [0.3, 0.4) is 0 Å². The van der Waals surface area contributed by atoms with Crippen LogP contribution in [0.5, 0.6) is 0 Å². The zero-order valence-electron chi connectivity index (χ0n) is 14.3. The van der Waals surface area contributed by atoms with E-state index in [1.54, 1.807) is 0 Å². The summed E-state index contributed by atoms with van der Waals surface area (Å²) in [5.41, 5.74) is 2.52. The van der Waals surface area contributed by atoms with Gasteiger partial charge in [0.05, 0.1) is 25.3 Å². The van der Waals surface area contributed by atoms with Crippen LogP contribution in [0.4, 0.5) is 0 Å². The summed E-state index contributed by atoms with van der Waals surface area (Å²) in [4.78, 5) is 16.9. The number of rotatable bonds is 4. The standard InChI is InChI=1S/C19H28N2O2/c1-15-7-9-16(10-8-15)13-20(2)14-19(22)21-11-12-23-18-6-4-3-5-17(18)21/h7-10,17-18H,3-6,11-14H2,1-2H3. The Morgan fingerprint density at radius 3 is 2.78 bits per heavy atom. The molecule has 0 N–H and O–H groups in total. The third kappa shape index (κ3) is 4.12. The summed E-state index contributed by atoms with van der Waals surface area (Å²) in [6, 6.07) is 8.83. The minimum atomic E-state index is 0.250. The van der Waals surface area contributed by atoms with Crippen LogP contribution in [0.2, 0.25) is 0 Å². The highest BCUT2D eigenvalue weighted by Gasteiger charge is 2.36. The molecule has 2 fully saturated rings. The fraction of sp³-hybridized carbons (Fsp3) is 0.632. The molecular formula is C19H28N2O2. The molecule has 0 spiro atoms. The van der Waals surface area contributed by atoms with Crippen LogP contribution in [-0.4, -0.2) is 54.6 Å². The number of fused-ring (bicyclic) bond motifs is 1. The van der Waals surface area contributed by atoms with Gasteiger partial charge < -0.3 is 9.64 Å². The van der Waals surface area contributed by atoms with Gasteiger partial charge in [0.2, 0.25) is 5.91 Å². The molecule has 4 nitrogen and oxygen atoms in total. The summed E-state index contributed by atoms with van der Waals surface area (Å²) in [5, 5.41) is 0. The third-order valence-corrected chi connectivity index (χ3v) is 5.03. The second-order valence-electron chi connectivity index (χ2n) is 7.01. The number of benzene rings is 1. The predicted molar refractivity (Wildman–Crippen MR) is 91.2 cm³/mol. The monoisotopic (exact) mass is 316 g/mol. The predicted octanol–water partition coefficient (Wildman–Crippen LogP) is 2.60. The molecule has 0 aromatic heterocycles. The summed E-state index contributed by atoms with van der Waals surface area (Å²) in [7, 11) is 2.02. The first-order valence-electron chi connectivity index (χ1n) is 8.78. The largest absolute Gasteiger partial charge is 0.374 e. The number of morpholine rings is 1. The van der Waals surface area contributed by atoms with Gasteiger partial charge in [-0.05, 0) is 32.4 Å². The van der Waals surface area contributed by atoms with Gasteiger partial charge in [-0.3, -0.25) is 9.69 Å². The molecule has 1 aliphatic carbocycles. The summed E-state index contributed by atoms with van der Waals surface area (Å²) < 4.78 is 5.87. The average Bonchev–Trinajstić information content (AvgIpc) is 2.56. The Bertz CT molecular complexity index is 527. The molecule has 1 aliphatic heterocycles. The molecule has 1 amide bonds. The highest BCUT2D eigenvalue weighted by atomic mass is 16.5. The van der Waals surface area contributed by atoms with E-state index in [9.17, 15) is 4.79 Å². The van der Waals surface area contributed by atoms with Crippen molar-refractivity contribution in [1.29, 1.82) is 0 Å². The molecule has 1 aromatic rings. The average molecular weight is 316 g/mol. The molecule has 3 rings (SSSR count). The third-order valence-electron chi connectivity index (χ3n) is 5.03. The fourth-order valence-corrected chi connectivity index (χ4v) is 3.79. The SMILES string of the molecule is Cc1ccc(CN(C)CC(=O)N2CCOC3CCCCC32)cc1. The quantitative estimate of drug-likeness (QED) is 0.856. The lowest BCUT2D eigenvalue weighted by atomic mass is 9.90. The molecule has 2 unspecified atom stereocenters. The van der Waals surface area contributed by atoms with Gasteiger partial charge in [0.25, 0.3) is 0 Å². The van der Waals surface area contributed by atoms with E-state index in [4.69, 9.17) is 4.74 Å². The highest BCUT2D eigenvalue weighted by molar-refractivity contribution is 5.78. The Morgan fingerprint density at radius 2 is 2.00 bits per heavy atom. The van der Waals surface area contributed by atoms with E-state index in [1.807, 2.05) is 7.05 Å². The fourth-order valence-electron chi connectivity index (χ4n) is 3.79. The van der Waals surface area contributed by atoms with Crippen molar-refractivity contribution in [3.8, 4) is 0 Å². The van der Waals surface area contributed by atoms with Gasteiger partial charge in [0.15, 0.2) is 0 Å². The van der Waals surface area contributed by atoms with Gasteiger partial charge >= 0.3 is 0 Å². The van der Waals surface area contributed by atoms with E-state index in [0.717, 1.165) is 25.9 Å². The molecule has 2 aliphatic rings. The minimum Gasteiger partial charge on any atom is -0.374 e. The number of aryl methyl sites for hydroxylation is 1. The van der Waals surface area contributed by atoms with Crippen LogP contribution in [0.1, 0.15) is 36.8 Å². The Balaban J connectivity index is 1.56. The second-order valence-corrected chi connectivity index (χ2v) is 7.01. The molecule has 0 radical (unpaired) electrons. The van der Waals surface area contributed by atoms with E-state index in [1.165, 1.54) is 24.0 Å². The Labute approximate surface area is 139 Å². The number of nitrogens with zero attached hydrogens (tertiary/aromatic N) is 2. The maximum absolute atomic E-state index is 12.7. The molecule has 0 bridgehead atoms. The number of amides is 1. The molecule has 126 valence electrons. The first-order valence-corrected chi connectivity index (χ1v) is 8.78. The van der Waals surface area contributed by atoms with Crippen molar-refractivity contribution in [2.45, 2.75) is 51.3 Å². The van der Waals surface area contributed by atoms with Crippen molar-refractivity contribution in [2.24, 2.45) is 0 Å². The van der Waals surface area contributed by atoms with Crippen molar-refractivity contribution in [2.75, 3.05) is 26.7 Å². The van der Waals surface area contributed by atoms with E-state index in [2.05, 4.69) is 41.0 Å². The van der Waals surface area contributed by atoms with Crippen LogP contribution in [0.15, 0.2) is 24.3 Å². The van der Waals surface area contributed by atoms with Crippen LogP contribution in [-0.2, 0) is 16.1 Å². The van der Waals surface area contributed by atoms with E-state index < -0.39 is 0 Å². The number of likely N-dealkylation sites (N-methyl/N-ethyl adjacent to an activating group) is 1. The molecule has 4 heteroatoms. The molecule has 1 saturated heterocycles. The lowest BCUT2D eigenvalue weighted by Crippen LogP contribution is -2.56. The Morgan fingerprint density at radius 1 is 1.26 bits per heavy atom. The molecule has 1 saturated carbocycles. The first kappa shape index (κ1) is 16.5. The van der Waals surface area contributed by atoms with Gasteiger partial charge in [-0.1, -0.05) is 42.7 Å². The highest BCUT2D eigenvalue weighted by Crippen LogP contribution is 2.28. The number of hydrogen-bond donors (Lipinski definition) is 0. The molecule has 2 atom stereocenters. The first-order chi connectivity index (χ1) is 11.1. The van der Waals surface area contributed by atoms with Crippen molar-refractivity contribution < 1.29 is 9.53 Å². The summed E-state index contributed by atoms with van der Waals surface area (Å²) in [6.45, 7) is 4.82. The van der Waals surface area contributed by atoms with Gasteiger partial charge in [-0.2, -0.15) is 0 Å². The molecule has 1 heterocycles. The van der Waals surface area contributed by atoms with Gasteiger partial charge in [0, 0.05) is 13.1 Å². The number of carbonyl (C=O) groups is 1. The van der Waals surface area contributed by atoms with Crippen LogP contribution < -0.4 is 0 Å². The summed E-state index contributed by atoms with van der Waals surface area (Å²) >= 11 is 0. The number of hydrogen-bond acceptors (Lipinski definition) is 3. The molecule has 1 aromatic carbocycles. The molecule has 23 heavy (non-hydrogen) atoms. The van der Waals surface area contributed by atoms with Gasteiger partial charge in [0.1, 0.15) is 0 Å². The van der Waals surface area contributed by atoms with Crippen LogP contribution in [0.25, 0.3) is 0 Å². The lowest BCUT2D eigenvalue weighted by molar-refractivity contribution is -0.150. The van der Waals surface area contributed by atoms with Gasteiger partial charge in [-0.15, -0.1) is 0 Å². The normalized spacial score (nSPS) is 24.6. The summed E-state index contributed by atoms with van der Waals surface area (Å²) in [5.74, 6) is 0.250. The Hall–Kier alpha value is -1.39. The topological polar surface area (TPSA) is 32.8 Å². The van der Waals surface area contributed by atoms with Crippen molar-refractivity contribution in [1.82, 2.24) is 9.80 Å². The molecular weight excluding hydrogens is 288 g/mol. The maximum Gasteiger partial charge on any atom is 0.237 e. The smallest absolute Gasteiger partial charge is 0.237 e.